The molecular formula is C31H42FN3O4. The summed E-state index contributed by atoms with van der Waals surface area (Å²) in [6.07, 6.45) is 3.90. The van der Waals surface area contributed by atoms with Crippen LogP contribution >= 0.6 is 0 Å². The second-order valence-corrected chi connectivity index (χ2v) is 10.6. The van der Waals surface area contributed by atoms with Crippen molar-refractivity contribution >= 4 is 17.7 Å². The van der Waals surface area contributed by atoms with Crippen LogP contribution in [-0.2, 0) is 20.8 Å². The van der Waals surface area contributed by atoms with Gasteiger partial charge in [0.25, 0.3) is 0 Å². The number of halogens is 1. The molecule has 0 heterocycles. The van der Waals surface area contributed by atoms with E-state index in [2.05, 4.69) is 24.5 Å². The molecule has 8 heteroatoms. The Morgan fingerprint density at radius 2 is 1.77 bits per heavy atom. The van der Waals surface area contributed by atoms with Crippen LogP contribution in [0, 0.1) is 17.7 Å². The van der Waals surface area contributed by atoms with Crippen molar-refractivity contribution in [3.05, 3.63) is 65.5 Å². The maximum absolute atomic E-state index is 13.4. The van der Waals surface area contributed by atoms with Gasteiger partial charge in [-0.15, -0.1) is 0 Å². The second kappa shape index (κ2) is 14.7. The smallest absolute Gasteiger partial charge is 0.242 e. The summed E-state index contributed by atoms with van der Waals surface area (Å²) in [5.41, 5.74) is 1.81. The average Bonchev–Trinajstić information content (AvgIpc) is 3.77. The van der Waals surface area contributed by atoms with Crippen molar-refractivity contribution in [1.29, 1.82) is 0 Å². The molecule has 0 saturated heterocycles. The van der Waals surface area contributed by atoms with Crippen LogP contribution in [0.15, 0.2) is 48.5 Å². The van der Waals surface area contributed by atoms with Gasteiger partial charge >= 0.3 is 0 Å². The third-order valence-electron chi connectivity index (χ3n) is 7.27. The highest BCUT2D eigenvalue weighted by Gasteiger charge is 2.34. The summed E-state index contributed by atoms with van der Waals surface area (Å²) < 4.78 is 19.3. The number of para-hydroxylation sites is 1. The molecule has 1 saturated carbocycles. The number of hydrogen-bond acceptors (Lipinski definition) is 4. The molecule has 212 valence electrons. The van der Waals surface area contributed by atoms with Gasteiger partial charge in [-0.05, 0) is 66.8 Å². The van der Waals surface area contributed by atoms with Crippen molar-refractivity contribution in [3.8, 4) is 5.75 Å². The van der Waals surface area contributed by atoms with Gasteiger partial charge in [0.15, 0.2) is 0 Å². The molecule has 2 aromatic rings. The van der Waals surface area contributed by atoms with Crippen LogP contribution in [0.4, 0.5) is 4.39 Å². The van der Waals surface area contributed by atoms with Gasteiger partial charge in [-0.25, -0.2) is 4.39 Å². The quantitative estimate of drug-likeness (QED) is 0.350. The zero-order chi connectivity index (χ0) is 28.4. The van der Waals surface area contributed by atoms with Gasteiger partial charge in [0.05, 0.1) is 13.2 Å². The van der Waals surface area contributed by atoms with E-state index in [1.54, 1.807) is 19.2 Å². The lowest BCUT2D eigenvalue weighted by atomic mass is 9.96. The van der Waals surface area contributed by atoms with Crippen LogP contribution in [0.25, 0.3) is 0 Å². The summed E-state index contributed by atoms with van der Waals surface area (Å²) >= 11 is 0. The number of ether oxygens (including phenoxy) is 1. The van der Waals surface area contributed by atoms with Gasteiger partial charge < -0.3 is 20.3 Å². The summed E-state index contributed by atoms with van der Waals surface area (Å²) in [6.45, 7) is 6.98. The number of nitrogens with zero attached hydrogens (tertiary/aromatic N) is 1. The minimum atomic E-state index is -0.859. The Bertz CT molecular complexity index is 1100. The first-order valence-electron chi connectivity index (χ1n) is 14.0. The van der Waals surface area contributed by atoms with Gasteiger partial charge in [-0.1, -0.05) is 51.1 Å². The zero-order valence-electron chi connectivity index (χ0n) is 23.5. The average molecular weight is 540 g/mol. The standard InChI is InChI=1S/C31H42FN3O4/c1-5-18-39-28-9-7-6-8-26(28)21(2)16-17-33-30(37)27(19-23-10-14-25(32)15-11-23)34-29(36)20-35(4)31(38)22(3)24-12-13-24/h6-11,14-15,21-22,24,27H,5,12-13,16-20H2,1-4H3,(H,33,37)(H,34,36)/t21?,22?,27-/m1/s1. The third-order valence-corrected chi connectivity index (χ3v) is 7.27. The van der Waals surface area contributed by atoms with Gasteiger partial charge in [-0.2, -0.15) is 0 Å². The molecule has 3 amide bonds. The highest BCUT2D eigenvalue weighted by molar-refractivity contribution is 5.90. The van der Waals surface area contributed by atoms with Crippen molar-refractivity contribution in [2.75, 3.05) is 26.7 Å². The topological polar surface area (TPSA) is 87.7 Å². The van der Waals surface area contributed by atoms with Crippen molar-refractivity contribution in [3.63, 3.8) is 0 Å². The number of benzene rings is 2. The molecular weight excluding hydrogens is 497 g/mol. The predicted molar refractivity (Wildman–Crippen MR) is 150 cm³/mol. The molecule has 3 rings (SSSR count). The van der Waals surface area contributed by atoms with Crippen LogP contribution in [0.3, 0.4) is 0 Å². The van der Waals surface area contributed by atoms with E-state index in [1.165, 1.54) is 17.0 Å². The molecule has 1 aliphatic rings. The summed E-state index contributed by atoms with van der Waals surface area (Å²) in [7, 11) is 1.61. The Morgan fingerprint density at radius 3 is 2.44 bits per heavy atom. The fourth-order valence-corrected chi connectivity index (χ4v) is 4.67. The molecule has 39 heavy (non-hydrogen) atoms. The molecule has 7 nitrogen and oxygen atoms in total. The molecule has 2 aromatic carbocycles. The maximum atomic E-state index is 13.4. The van der Waals surface area contributed by atoms with Gasteiger partial charge in [0.1, 0.15) is 17.6 Å². The number of nitrogens with one attached hydrogen (secondary N) is 2. The zero-order valence-corrected chi connectivity index (χ0v) is 23.5. The van der Waals surface area contributed by atoms with Crippen molar-refractivity contribution in [1.82, 2.24) is 15.5 Å². The molecule has 2 unspecified atom stereocenters. The molecule has 3 atom stereocenters. The van der Waals surface area contributed by atoms with Crippen LogP contribution in [0.1, 0.15) is 63.5 Å². The Hall–Kier alpha value is -3.42. The molecule has 0 radical (unpaired) electrons. The van der Waals surface area contributed by atoms with E-state index in [0.717, 1.165) is 36.1 Å². The number of amides is 3. The third kappa shape index (κ3) is 9.37. The largest absolute Gasteiger partial charge is 0.493 e. The minimum absolute atomic E-state index is 0.0654. The minimum Gasteiger partial charge on any atom is -0.493 e. The molecule has 0 bridgehead atoms. The lowest BCUT2D eigenvalue weighted by molar-refractivity contribution is -0.138. The van der Waals surface area contributed by atoms with E-state index >= 15 is 0 Å². The fraction of sp³-hybridized carbons (Fsp3) is 0.516. The normalized spacial score (nSPS) is 15.1. The first kappa shape index (κ1) is 30.1. The molecule has 2 N–H and O–H groups in total. The van der Waals surface area contributed by atoms with E-state index in [9.17, 15) is 18.8 Å². The van der Waals surface area contributed by atoms with Gasteiger partial charge in [0, 0.05) is 25.9 Å². The second-order valence-electron chi connectivity index (χ2n) is 10.6. The molecule has 0 aliphatic heterocycles. The highest BCUT2D eigenvalue weighted by Crippen LogP contribution is 2.37. The summed E-state index contributed by atoms with van der Waals surface area (Å²) in [5.74, 6) is 0.122. The molecule has 0 aromatic heterocycles. The molecule has 1 aliphatic carbocycles. The monoisotopic (exact) mass is 539 g/mol. The van der Waals surface area contributed by atoms with E-state index in [0.29, 0.717) is 25.5 Å². The maximum Gasteiger partial charge on any atom is 0.242 e. The summed E-state index contributed by atoms with van der Waals surface area (Å²) in [5, 5.41) is 5.74. The van der Waals surface area contributed by atoms with E-state index < -0.39 is 11.9 Å². The summed E-state index contributed by atoms with van der Waals surface area (Å²) in [6, 6.07) is 12.9. The number of rotatable bonds is 15. The van der Waals surface area contributed by atoms with Gasteiger partial charge in [0.2, 0.25) is 17.7 Å². The first-order chi connectivity index (χ1) is 18.7. The predicted octanol–water partition coefficient (Wildman–Crippen LogP) is 4.46. The lowest BCUT2D eigenvalue weighted by Gasteiger charge is -2.24. The van der Waals surface area contributed by atoms with Crippen LogP contribution in [0.2, 0.25) is 0 Å². The van der Waals surface area contributed by atoms with Crippen molar-refractivity contribution < 1.29 is 23.5 Å². The Labute approximate surface area is 231 Å². The number of likely N-dealkylation sites (N-methyl/N-ethyl adjacent to an activating group) is 1. The SMILES string of the molecule is CCCOc1ccccc1C(C)CCNC(=O)[C@@H](Cc1ccc(F)cc1)NC(=O)CN(C)C(=O)C(C)C1CC1. The molecule has 1 fully saturated rings. The van der Waals surface area contributed by atoms with E-state index in [4.69, 9.17) is 4.74 Å². The Kier molecular flexibility index (Phi) is 11.3. The van der Waals surface area contributed by atoms with Gasteiger partial charge in [-0.3, -0.25) is 14.4 Å². The number of carbonyl (C=O) groups excluding carboxylic acids is 3. The molecule has 0 spiro atoms. The Morgan fingerprint density at radius 1 is 1.08 bits per heavy atom. The van der Waals surface area contributed by atoms with E-state index in [1.807, 2.05) is 31.2 Å². The fourth-order valence-electron chi connectivity index (χ4n) is 4.67. The Balaban J connectivity index is 1.59. The van der Waals surface area contributed by atoms with Crippen LogP contribution in [0.5, 0.6) is 5.75 Å². The van der Waals surface area contributed by atoms with Crippen molar-refractivity contribution in [2.24, 2.45) is 11.8 Å². The highest BCUT2D eigenvalue weighted by atomic mass is 19.1. The number of carbonyl (C=O) groups is 3. The van der Waals surface area contributed by atoms with Crippen molar-refractivity contribution in [2.45, 2.75) is 64.8 Å². The number of hydrogen-bond donors (Lipinski definition) is 2. The summed E-state index contributed by atoms with van der Waals surface area (Å²) in [4.78, 5) is 40.1. The first-order valence-corrected chi connectivity index (χ1v) is 14.0. The lowest BCUT2D eigenvalue weighted by Crippen LogP contribution is -2.51. The van der Waals surface area contributed by atoms with Crippen LogP contribution in [-0.4, -0.2) is 55.4 Å². The van der Waals surface area contributed by atoms with E-state index in [-0.39, 0.29) is 42.4 Å². The van der Waals surface area contributed by atoms with Crippen LogP contribution < -0.4 is 15.4 Å².